The van der Waals surface area contributed by atoms with Crippen LogP contribution in [0.4, 0.5) is 0 Å². The minimum atomic E-state index is -1.17. The molecule has 254 valence electrons. The first kappa shape index (κ1) is 40.0. The molecule has 0 radical (unpaired) electrons. The molecule has 0 saturated carbocycles. The third-order valence-corrected chi connectivity index (χ3v) is 8.32. The minimum Gasteiger partial charge on any atom is -0.508 e. The molecule has 1 aromatic carbocycles. The van der Waals surface area contributed by atoms with Crippen LogP contribution in [-0.2, 0) is 30.4 Å². The number of nitrogens with one attached hydrogen (secondary N) is 4. The van der Waals surface area contributed by atoms with Gasteiger partial charge in [0.15, 0.2) is 0 Å². The molecule has 4 amide bonds. The Morgan fingerprint density at radius 2 is 1.29 bits per heavy atom. The molecule has 0 aliphatic heterocycles. The number of carbonyl (C=O) groups excluding carboxylic acids is 4. The average molecular weight is 671 g/mol. The van der Waals surface area contributed by atoms with E-state index in [1.54, 1.807) is 26.0 Å². The summed E-state index contributed by atoms with van der Waals surface area (Å²) in [5.74, 6) is -2.88. The summed E-state index contributed by atoms with van der Waals surface area (Å²) in [6.07, 6.45) is 5.93. The lowest BCUT2D eigenvalue weighted by Gasteiger charge is -2.28. The number of thioether (sulfide) groups is 2. The highest BCUT2D eigenvalue weighted by molar-refractivity contribution is 7.98. The summed E-state index contributed by atoms with van der Waals surface area (Å²) in [6, 6.07) is 0.999. The highest BCUT2D eigenvalue weighted by Crippen LogP contribution is 2.13. The van der Waals surface area contributed by atoms with Crippen molar-refractivity contribution in [3.8, 4) is 5.75 Å². The highest BCUT2D eigenvalue weighted by atomic mass is 32.2. The molecule has 13 nitrogen and oxygen atoms in total. The maximum Gasteiger partial charge on any atom is 0.326 e. The second kappa shape index (κ2) is 21.7. The fourth-order valence-corrected chi connectivity index (χ4v) is 5.26. The first-order chi connectivity index (χ1) is 21.3. The SMILES string of the molecule is CSCC[C@H](NC(=O)[C@H](Cc1ccc(O)cc1)NC(=O)[C@@H](N)CCCCN)C(=O)N[C@H](C(=O)N[C@H](CCSC)C(=O)O)C(C)C. The van der Waals surface area contributed by atoms with Gasteiger partial charge in [0.2, 0.25) is 23.6 Å². The van der Waals surface area contributed by atoms with Crippen molar-refractivity contribution in [1.29, 1.82) is 0 Å². The molecule has 0 bridgehead atoms. The van der Waals surface area contributed by atoms with E-state index in [1.807, 2.05) is 12.5 Å². The molecule has 0 spiro atoms. The van der Waals surface area contributed by atoms with Gasteiger partial charge in [-0.2, -0.15) is 23.5 Å². The number of hydrogen-bond acceptors (Lipinski definition) is 10. The van der Waals surface area contributed by atoms with E-state index in [-0.39, 0.29) is 30.9 Å². The number of aliphatic carboxylic acids is 1. The molecule has 5 atom stereocenters. The topological polar surface area (TPSA) is 226 Å². The number of nitrogens with two attached hydrogens (primary N) is 2. The molecule has 0 aliphatic carbocycles. The summed E-state index contributed by atoms with van der Waals surface area (Å²) in [5, 5.41) is 29.9. The Kier molecular flexibility index (Phi) is 19.3. The van der Waals surface area contributed by atoms with Crippen LogP contribution in [0.3, 0.4) is 0 Å². The number of aromatic hydroxyl groups is 1. The number of amides is 4. The lowest BCUT2D eigenvalue weighted by atomic mass is 10.0. The largest absolute Gasteiger partial charge is 0.508 e. The number of unbranched alkanes of at least 4 members (excludes halogenated alkanes) is 1. The zero-order valence-electron chi connectivity index (χ0n) is 26.5. The van der Waals surface area contributed by atoms with Gasteiger partial charge in [0.1, 0.15) is 29.9 Å². The van der Waals surface area contributed by atoms with Crippen molar-refractivity contribution in [1.82, 2.24) is 21.3 Å². The molecule has 1 aromatic rings. The molecule has 0 heterocycles. The van der Waals surface area contributed by atoms with Gasteiger partial charge in [0.25, 0.3) is 0 Å². The molecule has 0 aliphatic rings. The van der Waals surface area contributed by atoms with Gasteiger partial charge in [0, 0.05) is 6.42 Å². The van der Waals surface area contributed by atoms with Crippen molar-refractivity contribution in [2.75, 3.05) is 30.6 Å². The van der Waals surface area contributed by atoms with Gasteiger partial charge < -0.3 is 42.9 Å². The van der Waals surface area contributed by atoms with Crippen molar-refractivity contribution in [3.63, 3.8) is 0 Å². The zero-order valence-corrected chi connectivity index (χ0v) is 28.2. The number of benzene rings is 1. The predicted octanol–water partition coefficient (Wildman–Crippen LogP) is 0.577. The summed E-state index contributed by atoms with van der Waals surface area (Å²) in [6.45, 7) is 3.91. The quantitative estimate of drug-likeness (QED) is 0.0796. The fourth-order valence-electron chi connectivity index (χ4n) is 4.32. The monoisotopic (exact) mass is 670 g/mol. The smallest absolute Gasteiger partial charge is 0.326 e. The highest BCUT2D eigenvalue weighted by Gasteiger charge is 2.33. The third-order valence-electron chi connectivity index (χ3n) is 7.03. The van der Waals surface area contributed by atoms with Gasteiger partial charge in [-0.1, -0.05) is 32.4 Å². The van der Waals surface area contributed by atoms with Gasteiger partial charge in [-0.3, -0.25) is 19.2 Å². The molecule has 15 heteroatoms. The predicted molar refractivity (Wildman–Crippen MR) is 179 cm³/mol. The van der Waals surface area contributed by atoms with E-state index in [2.05, 4.69) is 21.3 Å². The Hall–Kier alpha value is -3.01. The Bertz CT molecular complexity index is 1090. The van der Waals surface area contributed by atoms with Crippen molar-refractivity contribution in [3.05, 3.63) is 29.8 Å². The van der Waals surface area contributed by atoms with Crippen LogP contribution in [0.25, 0.3) is 0 Å². The Labute approximate surface area is 274 Å². The van der Waals surface area contributed by atoms with Gasteiger partial charge >= 0.3 is 5.97 Å². The van der Waals surface area contributed by atoms with Crippen molar-refractivity contribution < 1.29 is 34.2 Å². The van der Waals surface area contributed by atoms with E-state index < -0.39 is 59.8 Å². The van der Waals surface area contributed by atoms with Gasteiger partial charge in [0.05, 0.1) is 6.04 Å². The van der Waals surface area contributed by atoms with E-state index in [9.17, 15) is 34.2 Å². The number of phenolic OH excluding ortho intramolecular Hbond substituents is 1. The van der Waals surface area contributed by atoms with Gasteiger partial charge in [-0.25, -0.2) is 4.79 Å². The summed E-state index contributed by atoms with van der Waals surface area (Å²) in [7, 11) is 0. The Morgan fingerprint density at radius 1 is 0.756 bits per heavy atom. The number of carboxylic acids is 1. The molecule has 0 saturated heterocycles. The summed E-state index contributed by atoms with van der Waals surface area (Å²) in [4.78, 5) is 64.8. The van der Waals surface area contributed by atoms with Crippen molar-refractivity contribution in [2.45, 2.75) is 82.6 Å². The van der Waals surface area contributed by atoms with Crippen LogP contribution < -0.4 is 32.7 Å². The van der Waals surface area contributed by atoms with Crippen LogP contribution in [0.15, 0.2) is 24.3 Å². The maximum absolute atomic E-state index is 13.6. The van der Waals surface area contributed by atoms with Crippen LogP contribution in [0.1, 0.15) is 51.5 Å². The third kappa shape index (κ3) is 15.2. The molecule has 1 rings (SSSR count). The molecular formula is C30H50N6O7S2. The van der Waals surface area contributed by atoms with E-state index in [1.165, 1.54) is 35.7 Å². The first-order valence-electron chi connectivity index (χ1n) is 15.0. The Balaban J connectivity index is 3.16. The summed E-state index contributed by atoms with van der Waals surface area (Å²) < 4.78 is 0. The second-order valence-electron chi connectivity index (χ2n) is 11.1. The summed E-state index contributed by atoms with van der Waals surface area (Å²) in [5.41, 5.74) is 12.3. The number of carbonyl (C=O) groups is 5. The van der Waals surface area contributed by atoms with Crippen LogP contribution in [-0.4, -0.2) is 101 Å². The van der Waals surface area contributed by atoms with Gasteiger partial charge in [-0.05, 0) is 79.9 Å². The maximum atomic E-state index is 13.6. The molecule has 10 N–H and O–H groups in total. The zero-order chi connectivity index (χ0) is 33.9. The minimum absolute atomic E-state index is 0.0437. The lowest BCUT2D eigenvalue weighted by Crippen LogP contribution is -2.59. The van der Waals surface area contributed by atoms with Crippen LogP contribution >= 0.6 is 23.5 Å². The molecule has 0 fully saturated rings. The molecule has 0 unspecified atom stereocenters. The Morgan fingerprint density at radius 3 is 1.82 bits per heavy atom. The molecule has 45 heavy (non-hydrogen) atoms. The second-order valence-corrected chi connectivity index (χ2v) is 13.0. The van der Waals surface area contributed by atoms with E-state index in [4.69, 9.17) is 11.5 Å². The number of hydrogen-bond donors (Lipinski definition) is 8. The van der Waals surface area contributed by atoms with Crippen LogP contribution in [0.2, 0.25) is 0 Å². The standard InChI is InChI=1S/C30H50N6O7S2/c1-18(2)25(29(41)34-23(30(42)43)13-16-45-4)36-27(39)22(12-15-44-3)33-28(40)24(17-19-8-10-20(37)11-9-19)35-26(38)21(32)7-5-6-14-31/h8-11,18,21-25,37H,5-7,12-17,31-32H2,1-4H3,(H,33,40)(H,34,41)(H,35,38)(H,36,39)(H,42,43)/t21-,22-,23+,24-,25-/m0/s1. The van der Waals surface area contributed by atoms with Crippen LogP contribution in [0, 0.1) is 5.92 Å². The van der Waals surface area contributed by atoms with E-state index in [0.29, 0.717) is 42.9 Å². The van der Waals surface area contributed by atoms with Crippen molar-refractivity contribution in [2.24, 2.45) is 17.4 Å². The number of rotatable bonds is 22. The molecule has 0 aromatic heterocycles. The number of carboxylic acid groups (broad SMARTS) is 1. The average Bonchev–Trinajstić information content (AvgIpc) is 2.99. The van der Waals surface area contributed by atoms with Gasteiger partial charge in [-0.15, -0.1) is 0 Å². The fraction of sp³-hybridized carbons (Fsp3) is 0.633. The molecular weight excluding hydrogens is 620 g/mol. The lowest BCUT2D eigenvalue weighted by molar-refractivity contribution is -0.142. The van der Waals surface area contributed by atoms with E-state index >= 15 is 0 Å². The summed E-state index contributed by atoms with van der Waals surface area (Å²) >= 11 is 2.92. The number of phenols is 1. The van der Waals surface area contributed by atoms with Crippen LogP contribution in [0.5, 0.6) is 5.75 Å². The first-order valence-corrected chi connectivity index (χ1v) is 17.8. The van der Waals surface area contributed by atoms with Crippen molar-refractivity contribution >= 4 is 53.1 Å². The van der Waals surface area contributed by atoms with E-state index in [0.717, 1.165) is 0 Å². The normalized spacial score (nSPS) is 14.5.